The van der Waals surface area contributed by atoms with Crippen LogP contribution in [0.1, 0.15) is 127 Å². The van der Waals surface area contributed by atoms with Crippen LogP contribution in [-0.2, 0) is 12.8 Å². The van der Waals surface area contributed by atoms with Gasteiger partial charge in [-0.2, -0.15) is 0 Å². The van der Waals surface area contributed by atoms with Crippen molar-refractivity contribution in [1.29, 1.82) is 0 Å². The maximum Gasteiger partial charge on any atom is -0.0140 e. The Labute approximate surface area is 220 Å². The molecule has 0 fully saturated rings. The molecule has 0 radical (unpaired) electrons. The van der Waals surface area contributed by atoms with Crippen molar-refractivity contribution in [1.82, 2.24) is 0 Å². The van der Waals surface area contributed by atoms with Crippen LogP contribution in [0.15, 0.2) is 48.5 Å². The van der Waals surface area contributed by atoms with Gasteiger partial charge in [0.2, 0.25) is 0 Å². The first-order valence-corrected chi connectivity index (χ1v) is 14.9. The van der Waals surface area contributed by atoms with Crippen LogP contribution >= 0.6 is 0 Å². The molecule has 0 aliphatic heterocycles. The van der Waals surface area contributed by atoms with Gasteiger partial charge in [0.1, 0.15) is 0 Å². The van der Waals surface area contributed by atoms with Crippen LogP contribution in [0.25, 0.3) is 32.3 Å². The highest BCUT2D eigenvalue weighted by molar-refractivity contribution is 6.07. The summed E-state index contributed by atoms with van der Waals surface area (Å²) >= 11 is 0. The molecule has 0 heterocycles. The largest absolute Gasteiger partial charge is 0.0654 e. The Hall–Kier alpha value is -2.34. The molecule has 36 heavy (non-hydrogen) atoms. The lowest BCUT2D eigenvalue weighted by Gasteiger charge is -2.18. The van der Waals surface area contributed by atoms with Crippen molar-refractivity contribution in [3.05, 3.63) is 70.8 Å². The summed E-state index contributed by atoms with van der Waals surface area (Å²) in [6.45, 7) is 13.9. The average Bonchev–Trinajstić information content (AvgIpc) is 2.86. The lowest BCUT2D eigenvalue weighted by molar-refractivity contribution is 0.668. The van der Waals surface area contributed by atoms with Crippen molar-refractivity contribution in [3.63, 3.8) is 0 Å². The lowest BCUT2D eigenvalue weighted by Crippen LogP contribution is -1.97. The fourth-order valence-corrected chi connectivity index (χ4v) is 6.03. The van der Waals surface area contributed by atoms with Crippen molar-refractivity contribution in [2.24, 2.45) is 0 Å². The lowest BCUT2D eigenvalue weighted by atomic mass is 9.87. The summed E-state index contributed by atoms with van der Waals surface area (Å²) < 4.78 is 0. The molecule has 0 unspecified atom stereocenters. The number of hydrogen-bond acceptors (Lipinski definition) is 0. The van der Waals surface area contributed by atoms with Gasteiger partial charge in [-0.15, -0.1) is 0 Å². The zero-order chi connectivity index (χ0) is 25.7. The van der Waals surface area contributed by atoms with Gasteiger partial charge >= 0.3 is 0 Å². The van der Waals surface area contributed by atoms with E-state index in [1.54, 1.807) is 0 Å². The molecule has 0 nitrogen and oxygen atoms in total. The van der Waals surface area contributed by atoms with Crippen LogP contribution in [0.3, 0.4) is 0 Å². The quantitative estimate of drug-likeness (QED) is 0.140. The minimum atomic E-state index is 0.528. The molecule has 0 amide bonds. The normalized spacial score (nSPS) is 12.1. The summed E-state index contributed by atoms with van der Waals surface area (Å²) in [7, 11) is 0. The summed E-state index contributed by atoms with van der Waals surface area (Å²) in [5.74, 6) is 1.06. The third kappa shape index (κ3) is 5.80. The number of fused-ring (bicyclic) bond motifs is 3. The SMILES string of the molecule is CCCCCCc1ccc(C(C)C)c2cc3cc4c(C(C)C)ccc(CCCCCC)c4cc3cc12. The van der Waals surface area contributed by atoms with E-state index in [9.17, 15) is 0 Å². The molecule has 0 saturated heterocycles. The van der Waals surface area contributed by atoms with E-state index in [0.29, 0.717) is 11.8 Å². The monoisotopic (exact) mass is 480 g/mol. The highest BCUT2D eigenvalue weighted by atomic mass is 14.2. The van der Waals surface area contributed by atoms with Crippen LogP contribution in [-0.4, -0.2) is 0 Å². The number of benzene rings is 4. The maximum absolute atomic E-state index is 2.52. The number of hydrogen-bond donors (Lipinski definition) is 0. The summed E-state index contributed by atoms with van der Waals surface area (Å²) in [5.41, 5.74) is 6.03. The van der Waals surface area contributed by atoms with Gasteiger partial charge in [-0.25, -0.2) is 0 Å². The minimum Gasteiger partial charge on any atom is -0.0654 e. The number of rotatable bonds is 12. The fourth-order valence-electron chi connectivity index (χ4n) is 6.03. The second kappa shape index (κ2) is 12.3. The predicted octanol–water partition coefficient (Wildman–Crippen LogP) is 11.6. The highest BCUT2D eigenvalue weighted by Gasteiger charge is 2.14. The van der Waals surface area contributed by atoms with Crippen molar-refractivity contribution in [2.75, 3.05) is 0 Å². The van der Waals surface area contributed by atoms with Crippen LogP contribution < -0.4 is 0 Å². The third-order valence-corrected chi connectivity index (χ3v) is 8.20. The first-order chi connectivity index (χ1) is 17.4. The Morgan fingerprint density at radius 1 is 0.472 bits per heavy atom. The summed E-state index contributed by atoms with van der Waals surface area (Å²) in [6.07, 6.45) is 12.9. The van der Waals surface area contributed by atoms with E-state index < -0.39 is 0 Å². The van der Waals surface area contributed by atoms with Crippen LogP contribution in [0.2, 0.25) is 0 Å². The molecule has 0 N–H and O–H groups in total. The van der Waals surface area contributed by atoms with Crippen molar-refractivity contribution >= 4 is 32.3 Å². The van der Waals surface area contributed by atoms with E-state index in [1.165, 1.54) is 119 Å². The van der Waals surface area contributed by atoms with E-state index in [0.717, 1.165) is 0 Å². The highest BCUT2D eigenvalue weighted by Crippen LogP contribution is 2.37. The molecule has 0 aliphatic carbocycles. The maximum atomic E-state index is 2.52. The van der Waals surface area contributed by atoms with Gasteiger partial charge in [0.25, 0.3) is 0 Å². The predicted molar refractivity (Wildman–Crippen MR) is 163 cm³/mol. The second-order valence-electron chi connectivity index (χ2n) is 11.7. The third-order valence-electron chi connectivity index (χ3n) is 8.20. The molecule has 192 valence electrons. The molecule has 4 rings (SSSR count). The Kier molecular flexibility index (Phi) is 9.10. The standard InChI is InChI=1S/C36H48/c1-7-9-11-13-15-27-17-19-31(25(3)4)35-23-30-24-36-32(26(5)6)20-18-28(16-14-12-10-8-2)34(36)22-29(30)21-33(27)35/h17-26H,7-16H2,1-6H3. The van der Waals surface area contributed by atoms with Crippen LogP contribution in [0.4, 0.5) is 0 Å². The van der Waals surface area contributed by atoms with E-state index in [2.05, 4.69) is 90.1 Å². The van der Waals surface area contributed by atoms with Crippen molar-refractivity contribution in [3.8, 4) is 0 Å². The fraction of sp³-hybridized carbons (Fsp3) is 0.500. The second-order valence-corrected chi connectivity index (χ2v) is 11.7. The van der Waals surface area contributed by atoms with E-state index >= 15 is 0 Å². The van der Waals surface area contributed by atoms with Crippen molar-refractivity contribution < 1.29 is 0 Å². The zero-order valence-electron chi connectivity index (χ0n) is 23.8. The Bertz CT molecular complexity index is 1210. The first kappa shape index (κ1) is 26.7. The molecule has 0 bridgehead atoms. The molecule has 0 atom stereocenters. The van der Waals surface area contributed by atoms with Gasteiger partial charge in [0, 0.05) is 0 Å². The van der Waals surface area contributed by atoms with Crippen LogP contribution in [0, 0.1) is 0 Å². The van der Waals surface area contributed by atoms with Gasteiger partial charge in [-0.1, -0.05) is 104 Å². The Morgan fingerprint density at radius 3 is 1.22 bits per heavy atom. The zero-order valence-corrected chi connectivity index (χ0v) is 23.8. The molecule has 4 aromatic rings. The summed E-state index contributed by atoms with van der Waals surface area (Å²) in [5, 5.41) is 8.69. The molecule has 0 spiro atoms. The van der Waals surface area contributed by atoms with E-state index in [4.69, 9.17) is 0 Å². The Balaban J connectivity index is 1.89. The summed E-state index contributed by atoms with van der Waals surface area (Å²) in [4.78, 5) is 0. The van der Waals surface area contributed by atoms with Gasteiger partial charge < -0.3 is 0 Å². The first-order valence-electron chi connectivity index (χ1n) is 14.9. The molecule has 4 aromatic carbocycles. The van der Waals surface area contributed by atoms with Crippen molar-refractivity contribution in [2.45, 2.75) is 118 Å². The number of unbranched alkanes of at least 4 members (excludes halogenated alkanes) is 6. The van der Waals surface area contributed by atoms with E-state index in [-0.39, 0.29) is 0 Å². The molecule has 0 saturated carbocycles. The smallest absolute Gasteiger partial charge is 0.0140 e. The minimum absolute atomic E-state index is 0.528. The molecular formula is C36H48. The van der Waals surface area contributed by atoms with Gasteiger partial charge in [0.05, 0.1) is 0 Å². The van der Waals surface area contributed by atoms with Crippen LogP contribution in [0.5, 0.6) is 0 Å². The topological polar surface area (TPSA) is 0 Å². The average molecular weight is 481 g/mol. The van der Waals surface area contributed by atoms with Gasteiger partial charge in [0.15, 0.2) is 0 Å². The molecule has 0 heteroatoms. The molecular weight excluding hydrogens is 432 g/mol. The molecule has 0 aliphatic rings. The Morgan fingerprint density at radius 2 is 0.861 bits per heavy atom. The molecule has 0 aromatic heterocycles. The summed E-state index contributed by atoms with van der Waals surface area (Å²) in [6, 6.07) is 19.7. The van der Waals surface area contributed by atoms with Gasteiger partial charge in [-0.3, -0.25) is 0 Å². The van der Waals surface area contributed by atoms with Gasteiger partial charge in [-0.05, 0) is 116 Å². The van der Waals surface area contributed by atoms with E-state index in [1.807, 2.05) is 0 Å². The number of aryl methyl sites for hydroxylation is 2.